The van der Waals surface area contributed by atoms with Gasteiger partial charge in [-0.05, 0) is 19.5 Å². The van der Waals surface area contributed by atoms with Crippen LogP contribution in [0.5, 0.6) is 0 Å². The number of thioether (sulfide) groups is 1. The number of carboxylic acids is 1. The highest BCUT2D eigenvalue weighted by molar-refractivity contribution is 7.99. The van der Waals surface area contributed by atoms with Gasteiger partial charge in [0.25, 0.3) is 0 Å². The Morgan fingerprint density at radius 1 is 1.18 bits per heavy atom. The van der Waals surface area contributed by atoms with Crippen molar-refractivity contribution in [2.75, 3.05) is 56.5 Å². The second-order valence-electron chi connectivity index (χ2n) is 4.21. The molecule has 1 saturated heterocycles. The van der Waals surface area contributed by atoms with Crippen LogP contribution in [0.3, 0.4) is 0 Å². The molecule has 0 aliphatic carbocycles. The Labute approximate surface area is 113 Å². The zero-order chi connectivity index (χ0) is 12.5. The average molecular weight is 278 g/mol. The number of carbonyl (C=O) groups is 1. The number of carboxylic acid groups (broad SMARTS) is 1. The molecule has 0 atom stereocenters. The van der Waals surface area contributed by atoms with Crippen molar-refractivity contribution < 1.29 is 9.90 Å². The number of thiol groups is 1. The molecule has 0 aromatic rings. The lowest BCUT2D eigenvalue weighted by Gasteiger charge is -2.20. The van der Waals surface area contributed by atoms with Crippen LogP contribution >= 0.6 is 24.4 Å². The molecule has 17 heavy (non-hydrogen) atoms. The number of hydrogen-bond donors (Lipinski definition) is 2. The summed E-state index contributed by atoms with van der Waals surface area (Å²) in [5.74, 6) is 1.35. The van der Waals surface area contributed by atoms with Gasteiger partial charge in [-0.2, -0.15) is 12.6 Å². The second-order valence-corrected chi connectivity index (χ2v) is 5.76. The molecule has 1 rings (SSSR count). The quantitative estimate of drug-likeness (QED) is 0.531. The van der Waals surface area contributed by atoms with Gasteiger partial charge >= 0.3 is 5.97 Å². The van der Waals surface area contributed by atoms with Crippen molar-refractivity contribution in [2.24, 2.45) is 0 Å². The first-order chi connectivity index (χ1) is 8.22. The molecule has 0 amide bonds. The van der Waals surface area contributed by atoms with E-state index in [2.05, 4.69) is 22.4 Å². The van der Waals surface area contributed by atoms with Crippen molar-refractivity contribution in [1.82, 2.24) is 9.80 Å². The van der Waals surface area contributed by atoms with Crippen LogP contribution in [0, 0.1) is 0 Å². The van der Waals surface area contributed by atoms with Gasteiger partial charge in [-0.1, -0.05) is 0 Å². The lowest BCUT2D eigenvalue weighted by molar-refractivity contribution is -0.133. The third-order valence-corrected chi connectivity index (χ3v) is 4.00. The Balaban J connectivity index is 2.11. The molecule has 0 radical (unpaired) electrons. The summed E-state index contributed by atoms with van der Waals surface area (Å²) in [5.41, 5.74) is 0. The number of hydrogen-bond acceptors (Lipinski definition) is 5. The zero-order valence-electron chi connectivity index (χ0n) is 10.2. The maximum atomic E-state index is 10.4. The van der Waals surface area contributed by atoms with Crippen LogP contribution < -0.4 is 0 Å². The highest BCUT2D eigenvalue weighted by atomic mass is 32.2. The van der Waals surface area contributed by atoms with Gasteiger partial charge in [0.05, 0.1) is 5.75 Å². The molecule has 100 valence electrons. The van der Waals surface area contributed by atoms with Crippen LogP contribution in [0.25, 0.3) is 0 Å². The van der Waals surface area contributed by atoms with Gasteiger partial charge in [-0.3, -0.25) is 4.79 Å². The number of nitrogens with zero attached hydrogens (tertiary/aromatic N) is 2. The SMILES string of the molecule is O=C(O)CSCCN1CCCN(CCS)CC1. The van der Waals surface area contributed by atoms with Crippen LogP contribution in [0.2, 0.25) is 0 Å². The first kappa shape index (κ1) is 15.1. The largest absolute Gasteiger partial charge is 0.481 e. The van der Waals surface area contributed by atoms with E-state index in [-0.39, 0.29) is 5.75 Å². The van der Waals surface area contributed by atoms with Gasteiger partial charge in [0, 0.05) is 37.7 Å². The molecule has 1 heterocycles. The Morgan fingerprint density at radius 2 is 1.82 bits per heavy atom. The number of rotatable bonds is 7. The summed E-state index contributed by atoms with van der Waals surface area (Å²) in [6, 6.07) is 0. The Kier molecular flexibility index (Phi) is 8.09. The van der Waals surface area contributed by atoms with Crippen molar-refractivity contribution in [2.45, 2.75) is 6.42 Å². The van der Waals surface area contributed by atoms with Crippen molar-refractivity contribution in [3.05, 3.63) is 0 Å². The van der Waals surface area contributed by atoms with Gasteiger partial charge in [0.15, 0.2) is 0 Å². The van der Waals surface area contributed by atoms with E-state index in [1.165, 1.54) is 24.7 Å². The molecule has 1 aliphatic heterocycles. The molecule has 0 aromatic heterocycles. The van der Waals surface area contributed by atoms with Crippen LogP contribution in [-0.2, 0) is 4.79 Å². The summed E-state index contributed by atoms with van der Waals surface area (Å²) in [6.45, 7) is 6.60. The minimum Gasteiger partial charge on any atom is -0.481 e. The zero-order valence-corrected chi connectivity index (χ0v) is 11.9. The predicted octanol–water partition coefficient (Wildman–Crippen LogP) is 0.742. The molecule has 0 spiro atoms. The molecular formula is C11H22N2O2S2. The summed E-state index contributed by atoms with van der Waals surface area (Å²) >= 11 is 5.77. The third-order valence-electron chi connectivity index (χ3n) is 2.87. The lowest BCUT2D eigenvalue weighted by atomic mass is 10.4. The fourth-order valence-electron chi connectivity index (χ4n) is 1.97. The average Bonchev–Trinajstić information content (AvgIpc) is 2.51. The van der Waals surface area contributed by atoms with Crippen LogP contribution in [0.15, 0.2) is 0 Å². The van der Waals surface area contributed by atoms with E-state index in [0.717, 1.165) is 44.2 Å². The van der Waals surface area contributed by atoms with Gasteiger partial charge in [-0.15, -0.1) is 11.8 Å². The molecule has 1 N–H and O–H groups in total. The minimum absolute atomic E-state index is 0.222. The van der Waals surface area contributed by atoms with Crippen molar-refractivity contribution in [3.8, 4) is 0 Å². The van der Waals surface area contributed by atoms with Crippen molar-refractivity contribution in [3.63, 3.8) is 0 Å². The van der Waals surface area contributed by atoms with E-state index < -0.39 is 5.97 Å². The second kappa shape index (κ2) is 9.08. The summed E-state index contributed by atoms with van der Waals surface area (Å²) in [5, 5.41) is 8.54. The smallest absolute Gasteiger partial charge is 0.313 e. The monoisotopic (exact) mass is 278 g/mol. The highest BCUT2D eigenvalue weighted by Crippen LogP contribution is 2.06. The highest BCUT2D eigenvalue weighted by Gasteiger charge is 2.13. The normalized spacial score (nSPS) is 19.1. The topological polar surface area (TPSA) is 43.8 Å². The molecular weight excluding hydrogens is 256 g/mol. The lowest BCUT2D eigenvalue weighted by Crippen LogP contribution is -2.33. The number of aliphatic carboxylic acids is 1. The van der Waals surface area contributed by atoms with Gasteiger partial charge in [-0.25, -0.2) is 0 Å². The van der Waals surface area contributed by atoms with Crippen LogP contribution in [0.1, 0.15) is 6.42 Å². The standard InChI is InChI=1S/C11H22N2O2S2/c14-11(15)10-17-9-7-13-3-1-2-12(4-5-13)6-8-16/h16H,1-10H2,(H,14,15). The van der Waals surface area contributed by atoms with Crippen LogP contribution in [0.4, 0.5) is 0 Å². The summed E-state index contributed by atoms with van der Waals surface area (Å²) in [7, 11) is 0. The Bertz CT molecular complexity index is 230. The minimum atomic E-state index is -0.717. The first-order valence-corrected chi connectivity index (χ1v) is 7.86. The fourth-order valence-corrected chi connectivity index (χ4v) is 2.96. The Morgan fingerprint density at radius 3 is 2.41 bits per heavy atom. The van der Waals surface area contributed by atoms with E-state index in [9.17, 15) is 4.79 Å². The van der Waals surface area contributed by atoms with E-state index >= 15 is 0 Å². The predicted molar refractivity (Wildman–Crippen MR) is 76.3 cm³/mol. The molecule has 4 nitrogen and oxygen atoms in total. The fraction of sp³-hybridized carbons (Fsp3) is 0.909. The molecule has 0 unspecified atom stereocenters. The summed E-state index contributed by atoms with van der Waals surface area (Å²) < 4.78 is 0. The van der Waals surface area contributed by atoms with E-state index in [1.807, 2.05) is 0 Å². The molecule has 0 saturated carbocycles. The first-order valence-electron chi connectivity index (χ1n) is 6.07. The van der Waals surface area contributed by atoms with Gasteiger partial charge < -0.3 is 14.9 Å². The molecule has 6 heteroatoms. The van der Waals surface area contributed by atoms with Gasteiger partial charge in [0.1, 0.15) is 0 Å². The van der Waals surface area contributed by atoms with E-state index in [4.69, 9.17) is 5.11 Å². The maximum Gasteiger partial charge on any atom is 0.313 e. The van der Waals surface area contributed by atoms with Crippen LogP contribution in [-0.4, -0.2) is 77.4 Å². The maximum absolute atomic E-state index is 10.4. The molecule has 0 bridgehead atoms. The van der Waals surface area contributed by atoms with Gasteiger partial charge in [0.2, 0.25) is 0 Å². The molecule has 0 aromatic carbocycles. The van der Waals surface area contributed by atoms with E-state index in [1.54, 1.807) is 0 Å². The molecule has 1 aliphatic rings. The van der Waals surface area contributed by atoms with E-state index in [0.29, 0.717) is 0 Å². The molecule has 1 fully saturated rings. The third kappa shape index (κ3) is 7.18. The summed E-state index contributed by atoms with van der Waals surface area (Å²) in [4.78, 5) is 15.3. The van der Waals surface area contributed by atoms with Crippen molar-refractivity contribution in [1.29, 1.82) is 0 Å². The van der Waals surface area contributed by atoms with Crippen molar-refractivity contribution >= 4 is 30.4 Å². The summed E-state index contributed by atoms with van der Waals surface area (Å²) in [6.07, 6.45) is 1.21. The Hall–Kier alpha value is 0.0900.